The highest BCUT2D eigenvalue weighted by Crippen LogP contribution is 2.28. The second-order valence-electron chi connectivity index (χ2n) is 3.76. The van der Waals surface area contributed by atoms with Crippen molar-refractivity contribution in [1.29, 1.82) is 0 Å². The molecule has 0 aliphatic heterocycles. The van der Waals surface area contributed by atoms with Crippen LogP contribution in [-0.4, -0.2) is 23.2 Å². The third kappa shape index (κ3) is 5.32. The van der Waals surface area contributed by atoms with Gasteiger partial charge in [0.2, 0.25) is 0 Å². The molecule has 2 nitrogen and oxygen atoms in total. The maximum atomic E-state index is 9.66. The van der Waals surface area contributed by atoms with Crippen molar-refractivity contribution in [3.63, 3.8) is 0 Å². The monoisotopic (exact) mass is 318 g/mol. The summed E-state index contributed by atoms with van der Waals surface area (Å²) in [6, 6.07) is 5.74. The van der Waals surface area contributed by atoms with Crippen molar-refractivity contribution >= 4 is 27.7 Å². The highest BCUT2D eigenvalue weighted by Gasteiger charge is 2.09. The third-order valence-electron chi connectivity index (χ3n) is 2.32. The van der Waals surface area contributed by atoms with Crippen LogP contribution in [0.1, 0.15) is 31.9 Å². The second-order valence-corrected chi connectivity index (χ2v) is 6.07. The van der Waals surface area contributed by atoms with Crippen LogP contribution < -0.4 is 4.74 Å². The van der Waals surface area contributed by atoms with Crippen LogP contribution in [-0.2, 0) is 0 Å². The predicted molar refractivity (Wildman–Crippen MR) is 77.9 cm³/mol. The molecule has 0 unspecified atom stereocenters. The molecule has 1 aromatic rings. The van der Waals surface area contributed by atoms with E-state index in [0.29, 0.717) is 6.61 Å². The van der Waals surface area contributed by atoms with Gasteiger partial charge >= 0.3 is 0 Å². The van der Waals surface area contributed by atoms with Crippen LogP contribution in [0.25, 0.3) is 0 Å². The minimum absolute atomic E-state index is 0.507. The van der Waals surface area contributed by atoms with Gasteiger partial charge in [0.05, 0.1) is 12.7 Å². The molecule has 1 aromatic carbocycles. The molecule has 0 heterocycles. The number of aliphatic hydroxyl groups is 1. The summed E-state index contributed by atoms with van der Waals surface area (Å²) in [5.74, 6) is 3.05. The third-order valence-corrected chi connectivity index (χ3v) is 3.80. The zero-order valence-electron chi connectivity index (χ0n) is 10.3. The summed E-state index contributed by atoms with van der Waals surface area (Å²) < 4.78 is 6.67. The maximum absolute atomic E-state index is 9.66. The van der Waals surface area contributed by atoms with Gasteiger partial charge in [-0.2, -0.15) is 11.8 Å². The molecule has 1 N–H and O–H groups in total. The molecule has 0 fully saturated rings. The van der Waals surface area contributed by atoms with E-state index in [2.05, 4.69) is 22.9 Å². The largest absolute Gasteiger partial charge is 0.493 e. The van der Waals surface area contributed by atoms with Crippen LogP contribution >= 0.6 is 27.7 Å². The SMILES string of the molecule is CCSCCCOc1ccc(Br)cc1[C@@H](C)O. The first-order chi connectivity index (χ1) is 8.15. The zero-order valence-corrected chi connectivity index (χ0v) is 12.7. The Kier molecular flexibility index (Phi) is 7.00. The van der Waals surface area contributed by atoms with E-state index in [1.54, 1.807) is 6.92 Å². The van der Waals surface area contributed by atoms with Crippen LogP contribution in [0, 0.1) is 0 Å². The number of ether oxygens (including phenoxy) is 1. The van der Waals surface area contributed by atoms with Gasteiger partial charge in [0.15, 0.2) is 0 Å². The zero-order chi connectivity index (χ0) is 12.7. The average molecular weight is 319 g/mol. The Morgan fingerprint density at radius 3 is 2.88 bits per heavy atom. The number of hydrogen-bond acceptors (Lipinski definition) is 3. The van der Waals surface area contributed by atoms with Crippen LogP contribution in [0.3, 0.4) is 0 Å². The molecule has 4 heteroatoms. The fourth-order valence-corrected chi connectivity index (χ4v) is 2.45. The molecule has 0 saturated carbocycles. The van der Waals surface area contributed by atoms with Gasteiger partial charge in [-0.15, -0.1) is 0 Å². The molecule has 96 valence electrons. The van der Waals surface area contributed by atoms with Crippen molar-refractivity contribution in [1.82, 2.24) is 0 Å². The van der Waals surface area contributed by atoms with E-state index >= 15 is 0 Å². The molecule has 0 radical (unpaired) electrons. The van der Waals surface area contributed by atoms with Gasteiger partial charge in [0.1, 0.15) is 5.75 Å². The number of hydrogen-bond donors (Lipinski definition) is 1. The van der Waals surface area contributed by atoms with E-state index < -0.39 is 6.10 Å². The lowest BCUT2D eigenvalue weighted by molar-refractivity contribution is 0.191. The molecule has 0 saturated heterocycles. The van der Waals surface area contributed by atoms with E-state index in [1.165, 1.54) is 0 Å². The smallest absolute Gasteiger partial charge is 0.125 e. The lowest BCUT2D eigenvalue weighted by Gasteiger charge is -2.13. The van der Waals surface area contributed by atoms with Crippen LogP contribution in [0.4, 0.5) is 0 Å². The average Bonchev–Trinajstić information content (AvgIpc) is 2.30. The van der Waals surface area contributed by atoms with Gasteiger partial charge in [-0.3, -0.25) is 0 Å². The molecule has 0 spiro atoms. The Morgan fingerprint density at radius 1 is 1.47 bits per heavy atom. The topological polar surface area (TPSA) is 29.5 Å². The summed E-state index contributed by atoms with van der Waals surface area (Å²) in [4.78, 5) is 0. The van der Waals surface area contributed by atoms with E-state index in [9.17, 15) is 5.11 Å². The number of aliphatic hydroxyl groups excluding tert-OH is 1. The minimum Gasteiger partial charge on any atom is -0.493 e. The molecule has 1 rings (SSSR count). The van der Waals surface area contributed by atoms with Crippen molar-refractivity contribution in [2.75, 3.05) is 18.1 Å². The number of benzene rings is 1. The second kappa shape index (κ2) is 8.01. The maximum Gasteiger partial charge on any atom is 0.125 e. The number of thioether (sulfide) groups is 1. The molecule has 1 atom stereocenters. The molecular weight excluding hydrogens is 300 g/mol. The Morgan fingerprint density at radius 2 is 2.24 bits per heavy atom. The molecule has 17 heavy (non-hydrogen) atoms. The number of halogens is 1. The number of rotatable bonds is 7. The normalized spacial score (nSPS) is 12.5. The molecule has 0 aliphatic rings. The predicted octanol–water partition coefficient (Wildman–Crippen LogP) is 4.02. The highest BCUT2D eigenvalue weighted by atomic mass is 79.9. The standard InChI is InChI=1S/C13H19BrO2S/c1-3-17-8-4-7-16-13-6-5-11(14)9-12(13)10(2)15/h5-6,9-10,15H,3-4,7-8H2,1-2H3/t10-/m1/s1. The van der Waals surface area contributed by atoms with Gasteiger partial charge in [-0.1, -0.05) is 22.9 Å². The lowest BCUT2D eigenvalue weighted by atomic mass is 10.1. The lowest BCUT2D eigenvalue weighted by Crippen LogP contribution is -2.03. The molecule has 0 aliphatic carbocycles. The molecular formula is C13H19BrO2S. The minimum atomic E-state index is -0.507. The van der Waals surface area contributed by atoms with E-state index in [1.807, 2.05) is 30.0 Å². The summed E-state index contributed by atoms with van der Waals surface area (Å²) in [7, 11) is 0. The van der Waals surface area contributed by atoms with Gasteiger partial charge in [-0.25, -0.2) is 0 Å². The quantitative estimate of drug-likeness (QED) is 0.770. The van der Waals surface area contributed by atoms with Crippen molar-refractivity contribution in [2.45, 2.75) is 26.4 Å². The van der Waals surface area contributed by atoms with Crippen LogP contribution in [0.15, 0.2) is 22.7 Å². The molecule has 0 bridgehead atoms. The summed E-state index contributed by atoms with van der Waals surface area (Å²) >= 11 is 5.32. The van der Waals surface area contributed by atoms with E-state index in [-0.39, 0.29) is 0 Å². The Bertz CT molecular complexity index is 342. The van der Waals surface area contributed by atoms with Crippen molar-refractivity contribution in [2.24, 2.45) is 0 Å². The molecule has 0 amide bonds. The van der Waals surface area contributed by atoms with Crippen LogP contribution in [0.2, 0.25) is 0 Å². The highest BCUT2D eigenvalue weighted by molar-refractivity contribution is 9.10. The Labute approximate surface area is 116 Å². The van der Waals surface area contributed by atoms with E-state index in [4.69, 9.17) is 4.74 Å². The first-order valence-electron chi connectivity index (χ1n) is 5.83. The van der Waals surface area contributed by atoms with Crippen molar-refractivity contribution in [3.8, 4) is 5.75 Å². The van der Waals surface area contributed by atoms with Gasteiger partial charge in [-0.05, 0) is 43.0 Å². The summed E-state index contributed by atoms with van der Waals surface area (Å²) in [6.07, 6.45) is 0.529. The van der Waals surface area contributed by atoms with Gasteiger partial charge < -0.3 is 9.84 Å². The van der Waals surface area contributed by atoms with Crippen LogP contribution in [0.5, 0.6) is 5.75 Å². The first-order valence-corrected chi connectivity index (χ1v) is 7.78. The Hall–Kier alpha value is -0.190. The van der Waals surface area contributed by atoms with Gasteiger partial charge in [0.25, 0.3) is 0 Å². The Balaban J connectivity index is 2.52. The molecule has 0 aromatic heterocycles. The fraction of sp³-hybridized carbons (Fsp3) is 0.538. The van der Waals surface area contributed by atoms with Gasteiger partial charge in [0, 0.05) is 10.0 Å². The fourth-order valence-electron chi connectivity index (χ4n) is 1.46. The van der Waals surface area contributed by atoms with Crippen molar-refractivity contribution < 1.29 is 9.84 Å². The van der Waals surface area contributed by atoms with E-state index in [0.717, 1.165) is 33.7 Å². The summed E-state index contributed by atoms with van der Waals surface area (Å²) in [5.41, 5.74) is 0.836. The summed E-state index contributed by atoms with van der Waals surface area (Å²) in [5, 5.41) is 9.66. The first kappa shape index (κ1) is 14.9. The summed E-state index contributed by atoms with van der Waals surface area (Å²) in [6.45, 7) is 4.61. The van der Waals surface area contributed by atoms with Crippen molar-refractivity contribution in [3.05, 3.63) is 28.2 Å².